The minimum Gasteiger partial charge on any atom is -0.391 e. The van der Waals surface area contributed by atoms with Gasteiger partial charge in [-0.25, -0.2) is 4.98 Å². The lowest BCUT2D eigenvalue weighted by atomic mass is 9.85. The summed E-state index contributed by atoms with van der Waals surface area (Å²) in [6.07, 6.45) is 2.08. The lowest BCUT2D eigenvalue weighted by Crippen LogP contribution is -2.57. The summed E-state index contributed by atoms with van der Waals surface area (Å²) >= 11 is 1.59. The number of likely N-dealkylation sites (tertiary alicyclic amines) is 1. The smallest absolute Gasteiger partial charge is 0.246 e. The van der Waals surface area contributed by atoms with E-state index in [-0.39, 0.29) is 43.1 Å². The largest absolute Gasteiger partial charge is 0.391 e. The van der Waals surface area contributed by atoms with Gasteiger partial charge in [-0.15, -0.1) is 23.7 Å². The van der Waals surface area contributed by atoms with Crippen molar-refractivity contribution in [1.82, 2.24) is 20.5 Å². The second-order valence-electron chi connectivity index (χ2n) is 11.0. The van der Waals surface area contributed by atoms with E-state index < -0.39 is 23.6 Å². The summed E-state index contributed by atoms with van der Waals surface area (Å²) in [5.41, 5.74) is 9.75. The van der Waals surface area contributed by atoms with Gasteiger partial charge in [0.15, 0.2) is 0 Å². The number of β-amino-alcohol motifs (C(OH)–C–C–N with tert-alkyl or cyclic N) is 1. The molecule has 39 heavy (non-hydrogen) atoms. The van der Waals surface area contributed by atoms with Crippen molar-refractivity contribution in [2.24, 2.45) is 11.1 Å². The first kappa shape index (κ1) is 32.7. The Labute approximate surface area is 241 Å². The topological polar surface area (TPSA) is 138 Å². The summed E-state index contributed by atoms with van der Waals surface area (Å²) in [5, 5.41) is 16.2. The molecule has 1 aromatic carbocycles. The minimum absolute atomic E-state index is 0. The molecule has 0 aliphatic carbocycles. The predicted octanol–water partition coefficient (Wildman–Crippen LogP) is 3.17. The van der Waals surface area contributed by atoms with Crippen LogP contribution in [0, 0.1) is 12.3 Å². The van der Waals surface area contributed by atoms with E-state index in [1.165, 1.54) is 4.90 Å². The van der Waals surface area contributed by atoms with Crippen LogP contribution in [0.3, 0.4) is 0 Å². The van der Waals surface area contributed by atoms with Gasteiger partial charge >= 0.3 is 0 Å². The van der Waals surface area contributed by atoms with Gasteiger partial charge in [-0.2, -0.15) is 0 Å². The number of rotatable bonds is 11. The Kier molecular flexibility index (Phi) is 12.4. The minimum atomic E-state index is -0.812. The van der Waals surface area contributed by atoms with Gasteiger partial charge in [0.05, 0.1) is 22.2 Å². The van der Waals surface area contributed by atoms with Gasteiger partial charge in [0.1, 0.15) is 12.1 Å². The van der Waals surface area contributed by atoms with Crippen molar-refractivity contribution >= 4 is 41.5 Å². The standard InChI is InChI=1S/C28H41N5O4S.ClH/c1-18-24(38-17-31-18)20-11-9-19(10-12-20)15-30-26(36)22-14-21(34)16-33(22)27(37)25(28(2,3)4)32-23(35)8-6-5-7-13-29;/h9-12,17,21-22,25,34H,5-8,13-16,29H2,1-4H3,(H,30,36)(H,32,35);1H/t21-,22+,25-;/m1./s1. The Morgan fingerprint density at radius 1 is 1.18 bits per heavy atom. The molecular formula is C28H42ClN5O4S. The van der Waals surface area contributed by atoms with E-state index in [2.05, 4.69) is 15.6 Å². The number of carbonyl (C=O) groups is 3. The van der Waals surface area contributed by atoms with Crippen molar-refractivity contribution in [3.05, 3.63) is 41.0 Å². The molecule has 9 nitrogen and oxygen atoms in total. The fraction of sp³-hybridized carbons (Fsp3) is 0.571. The fourth-order valence-electron chi connectivity index (χ4n) is 4.62. The molecule has 1 aromatic heterocycles. The van der Waals surface area contributed by atoms with Crippen molar-refractivity contribution in [2.75, 3.05) is 13.1 Å². The van der Waals surface area contributed by atoms with Gasteiger partial charge in [-0.05, 0) is 42.9 Å². The van der Waals surface area contributed by atoms with E-state index in [1.807, 2.05) is 57.5 Å². The molecule has 0 unspecified atom stereocenters. The van der Waals surface area contributed by atoms with Crippen LogP contribution in [0.5, 0.6) is 0 Å². The number of aryl methyl sites for hydroxylation is 1. The molecule has 5 N–H and O–H groups in total. The number of benzene rings is 1. The lowest BCUT2D eigenvalue weighted by molar-refractivity contribution is -0.144. The highest BCUT2D eigenvalue weighted by atomic mass is 35.5. The third-order valence-corrected chi connectivity index (χ3v) is 7.80. The molecule has 1 fully saturated rings. The van der Waals surface area contributed by atoms with Crippen LogP contribution in [0.15, 0.2) is 29.8 Å². The first-order valence-electron chi connectivity index (χ1n) is 13.3. The van der Waals surface area contributed by atoms with Gasteiger partial charge in [-0.1, -0.05) is 51.5 Å². The molecule has 3 rings (SSSR count). The third-order valence-electron chi connectivity index (χ3n) is 6.82. The number of halogens is 1. The highest BCUT2D eigenvalue weighted by molar-refractivity contribution is 7.13. The molecule has 2 aromatic rings. The summed E-state index contributed by atoms with van der Waals surface area (Å²) in [6.45, 7) is 8.55. The second kappa shape index (κ2) is 14.7. The molecule has 0 saturated carbocycles. The number of nitrogens with two attached hydrogens (primary N) is 1. The predicted molar refractivity (Wildman–Crippen MR) is 156 cm³/mol. The molecule has 3 atom stereocenters. The summed E-state index contributed by atoms with van der Waals surface area (Å²) in [6, 6.07) is 6.31. The summed E-state index contributed by atoms with van der Waals surface area (Å²) in [4.78, 5) is 46.2. The Morgan fingerprint density at radius 3 is 2.46 bits per heavy atom. The zero-order valence-electron chi connectivity index (χ0n) is 23.2. The second-order valence-corrected chi connectivity index (χ2v) is 11.9. The summed E-state index contributed by atoms with van der Waals surface area (Å²) < 4.78 is 0. The number of nitrogens with one attached hydrogen (secondary N) is 2. The van der Waals surface area contributed by atoms with Gasteiger partial charge in [0.25, 0.3) is 0 Å². The molecule has 216 valence electrons. The number of unbranched alkanes of at least 4 members (excludes halogenated alkanes) is 2. The first-order valence-corrected chi connectivity index (χ1v) is 14.1. The van der Waals surface area contributed by atoms with Crippen LogP contribution in [-0.2, 0) is 20.9 Å². The summed E-state index contributed by atoms with van der Waals surface area (Å²) in [5.74, 6) is -0.875. The molecule has 3 amide bonds. The normalized spacial score (nSPS) is 17.8. The van der Waals surface area contributed by atoms with Crippen LogP contribution < -0.4 is 16.4 Å². The van der Waals surface area contributed by atoms with Crippen molar-refractivity contribution in [3.8, 4) is 10.4 Å². The van der Waals surface area contributed by atoms with Crippen LogP contribution >= 0.6 is 23.7 Å². The molecule has 0 radical (unpaired) electrons. The Hall–Kier alpha value is -2.53. The molecule has 1 aliphatic rings. The zero-order valence-corrected chi connectivity index (χ0v) is 24.9. The van der Waals surface area contributed by atoms with Gasteiger partial charge < -0.3 is 26.4 Å². The molecule has 2 heterocycles. The number of hydrogen-bond acceptors (Lipinski definition) is 7. The van der Waals surface area contributed by atoms with E-state index in [0.717, 1.165) is 34.5 Å². The molecule has 0 spiro atoms. The van der Waals surface area contributed by atoms with E-state index in [1.54, 1.807) is 11.3 Å². The average Bonchev–Trinajstić information content (AvgIpc) is 3.48. The van der Waals surface area contributed by atoms with Gasteiger partial charge in [0.2, 0.25) is 17.7 Å². The summed E-state index contributed by atoms with van der Waals surface area (Å²) in [7, 11) is 0. The zero-order chi connectivity index (χ0) is 27.9. The van der Waals surface area contributed by atoms with Crippen LogP contribution in [0.25, 0.3) is 10.4 Å². The first-order chi connectivity index (χ1) is 18.0. The number of aliphatic hydroxyl groups excluding tert-OH is 1. The highest BCUT2D eigenvalue weighted by Crippen LogP contribution is 2.28. The van der Waals surface area contributed by atoms with Crippen molar-refractivity contribution < 1.29 is 19.5 Å². The number of nitrogens with zero attached hydrogens (tertiary/aromatic N) is 2. The molecule has 0 bridgehead atoms. The van der Waals surface area contributed by atoms with Crippen LogP contribution in [0.2, 0.25) is 0 Å². The Bertz CT molecular complexity index is 1100. The SMILES string of the molecule is Cc1ncsc1-c1ccc(CNC(=O)[C@@H]2C[C@@H](O)CN2C(=O)[C@@H](NC(=O)CCCCCN)C(C)(C)C)cc1.Cl. The Balaban J connectivity index is 0.00000533. The van der Waals surface area contributed by atoms with E-state index in [4.69, 9.17) is 5.73 Å². The number of carbonyl (C=O) groups excluding carboxylic acids is 3. The number of hydrogen-bond donors (Lipinski definition) is 4. The highest BCUT2D eigenvalue weighted by Gasteiger charge is 2.44. The molecule has 11 heteroatoms. The van der Waals surface area contributed by atoms with E-state index >= 15 is 0 Å². The number of aliphatic hydroxyl groups is 1. The fourth-order valence-corrected chi connectivity index (χ4v) is 5.43. The maximum absolute atomic E-state index is 13.6. The lowest BCUT2D eigenvalue weighted by Gasteiger charge is -2.35. The van der Waals surface area contributed by atoms with Crippen LogP contribution in [0.1, 0.15) is 64.1 Å². The van der Waals surface area contributed by atoms with E-state index in [0.29, 0.717) is 25.9 Å². The number of thiazole rings is 1. The number of amides is 3. The quantitative estimate of drug-likeness (QED) is 0.302. The monoisotopic (exact) mass is 579 g/mol. The number of aromatic nitrogens is 1. The molecule has 1 saturated heterocycles. The third kappa shape index (κ3) is 8.99. The van der Waals surface area contributed by atoms with Crippen LogP contribution in [0.4, 0.5) is 0 Å². The van der Waals surface area contributed by atoms with Crippen molar-refractivity contribution in [1.29, 1.82) is 0 Å². The van der Waals surface area contributed by atoms with Crippen molar-refractivity contribution in [3.63, 3.8) is 0 Å². The maximum Gasteiger partial charge on any atom is 0.246 e. The van der Waals surface area contributed by atoms with Gasteiger partial charge in [0, 0.05) is 25.9 Å². The van der Waals surface area contributed by atoms with Crippen LogP contribution in [-0.4, -0.2) is 64.0 Å². The molecule has 1 aliphatic heterocycles. The Morgan fingerprint density at radius 2 is 1.87 bits per heavy atom. The average molecular weight is 580 g/mol. The van der Waals surface area contributed by atoms with E-state index in [9.17, 15) is 19.5 Å². The molecular weight excluding hydrogens is 538 g/mol. The maximum atomic E-state index is 13.6. The van der Waals surface area contributed by atoms with Crippen molar-refractivity contribution in [2.45, 2.75) is 84.5 Å². The van der Waals surface area contributed by atoms with Gasteiger partial charge in [-0.3, -0.25) is 14.4 Å².